The van der Waals surface area contributed by atoms with Crippen molar-refractivity contribution < 1.29 is 28.7 Å². The molecule has 1 fully saturated rings. The van der Waals surface area contributed by atoms with E-state index in [0.29, 0.717) is 23.6 Å². The largest absolute Gasteiger partial charge is 0.467 e. The summed E-state index contributed by atoms with van der Waals surface area (Å²) >= 11 is 18.2. The highest BCUT2D eigenvalue weighted by molar-refractivity contribution is 6.42. The minimum Gasteiger partial charge on any atom is -0.467 e. The van der Waals surface area contributed by atoms with E-state index in [1.54, 1.807) is 24.3 Å². The first-order valence-electron chi connectivity index (χ1n) is 13.6. The van der Waals surface area contributed by atoms with Crippen LogP contribution >= 0.6 is 34.8 Å². The van der Waals surface area contributed by atoms with E-state index in [4.69, 9.17) is 44.3 Å². The topological polar surface area (TPSA) is 111 Å². The molecule has 2 amide bonds. The van der Waals surface area contributed by atoms with Gasteiger partial charge in [0.2, 0.25) is 5.91 Å². The molecule has 11 heteroatoms. The summed E-state index contributed by atoms with van der Waals surface area (Å²) in [6.45, 7) is 11.0. The fourth-order valence-corrected chi connectivity index (χ4v) is 6.22. The standard InChI is InChI=1S/C31H37Cl3N2O6/c1-29(2,3)42-28(40)31(6)13-12-20(30(31,4)5)25(37)36-23(27(39)41-7)14-17-8-10-19(11-9-17)35-26(38)24-21(33)15-18(32)16-22(24)34/h8-11,15-16,20,23H,12-14H2,1-7H3,(H,35,38)(H,36,37)/t20?,23-,31?/m0/s1. The van der Waals surface area contributed by atoms with E-state index in [0.717, 1.165) is 5.56 Å². The molecule has 3 rings (SSSR count). The van der Waals surface area contributed by atoms with Gasteiger partial charge in [-0.25, -0.2) is 4.79 Å². The van der Waals surface area contributed by atoms with Crippen molar-refractivity contribution in [3.8, 4) is 0 Å². The van der Waals surface area contributed by atoms with Crippen LogP contribution in [0.25, 0.3) is 0 Å². The van der Waals surface area contributed by atoms with Crippen LogP contribution in [0.15, 0.2) is 36.4 Å². The Morgan fingerprint density at radius 1 is 1.00 bits per heavy atom. The van der Waals surface area contributed by atoms with Crippen LogP contribution in [0.1, 0.15) is 70.3 Å². The molecule has 0 aromatic heterocycles. The molecule has 8 nitrogen and oxygen atoms in total. The van der Waals surface area contributed by atoms with Crippen molar-refractivity contribution in [2.24, 2.45) is 16.7 Å². The number of anilines is 1. The van der Waals surface area contributed by atoms with Crippen molar-refractivity contribution in [3.05, 3.63) is 62.6 Å². The van der Waals surface area contributed by atoms with E-state index in [2.05, 4.69) is 10.6 Å². The number of halogens is 3. The van der Waals surface area contributed by atoms with Crippen molar-refractivity contribution in [2.45, 2.75) is 72.4 Å². The van der Waals surface area contributed by atoms with Crippen LogP contribution in [0.5, 0.6) is 0 Å². The first kappa shape index (κ1) is 33.7. The molecule has 2 N–H and O–H groups in total. The molecule has 2 unspecified atom stereocenters. The molecule has 3 atom stereocenters. The molecule has 0 heterocycles. The Balaban J connectivity index is 1.71. The second kappa shape index (κ2) is 12.8. The number of carbonyl (C=O) groups excluding carboxylic acids is 4. The molecule has 42 heavy (non-hydrogen) atoms. The molecule has 0 radical (unpaired) electrons. The van der Waals surface area contributed by atoms with Crippen molar-refractivity contribution in [3.63, 3.8) is 0 Å². The summed E-state index contributed by atoms with van der Waals surface area (Å²) in [5, 5.41) is 6.13. The number of carbonyl (C=O) groups is 4. The Hall–Kier alpha value is -2.81. The van der Waals surface area contributed by atoms with Gasteiger partial charge in [-0.2, -0.15) is 0 Å². The van der Waals surface area contributed by atoms with Crippen LogP contribution in [-0.4, -0.2) is 42.5 Å². The van der Waals surface area contributed by atoms with Gasteiger partial charge >= 0.3 is 11.9 Å². The van der Waals surface area contributed by atoms with E-state index in [-0.39, 0.29) is 33.9 Å². The van der Waals surface area contributed by atoms with Gasteiger partial charge in [0.15, 0.2) is 0 Å². The number of nitrogens with one attached hydrogen (secondary N) is 2. The summed E-state index contributed by atoms with van der Waals surface area (Å²) < 4.78 is 10.7. The summed E-state index contributed by atoms with van der Waals surface area (Å²) in [5.41, 5.74) is -0.965. The van der Waals surface area contributed by atoms with Crippen LogP contribution in [0, 0.1) is 16.7 Å². The van der Waals surface area contributed by atoms with E-state index in [1.165, 1.54) is 19.2 Å². The second-order valence-electron chi connectivity index (χ2n) is 12.3. The zero-order valence-electron chi connectivity index (χ0n) is 24.8. The van der Waals surface area contributed by atoms with Gasteiger partial charge in [0.25, 0.3) is 5.91 Å². The SMILES string of the molecule is COC(=O)[C@H](Cc1ccc(NC(=O)c2c(Cl)cc(Cl)cc2Cl)cc1)NC(=O)C1CCC(C)(C(=O)OC(C)(C)C)C1(C)C. The van der Waals surface area contributed by atoms with Gasteiger partial charge < -0.3 is 20.1 Å². The molecule has 1 saturated carbocycles. The molecule has 1 aliphatic rings. The van der Waals surface area contributed by atoms with Gasteiger partial charge in [0.1, 0.15) is 11.6 Å². The smallest absolute Gasteiger partial charge is 0.328 e. The average molecular weight is 640 g/mol. The molecule has 0 bridgehead atoms. The molecule has 1 aliphatic carbocycles. The summed E-state index contributed by atoms with van der Waals surface area (Å²) in [6, 6.07) is 8.67. The van der Waals surface area contributed by atoms with Crippen LogP contribution in [0.2, 0.25) is 15.1 Å². The Kier molecular flexibility index (Phi) is 10.3. The third kappa shape index (κ3) is 7.39. The quantitative estimate of drug-likeness (QED) is 0.305. The van der Waals surface area contributed by atoms with Crippen molar-refractivity contribution in [2.75, 3.05) is 12.4 Å². The normalized spacial score (nSPS) is 20.4. The zero-order chi connectivity index (χ0) is 31.6. The fraction of sp³-hybridized carbons (Fsp3) is 0.484. The Morgan fingerprint density at radius 3 is 2.10 bits per heavy atom. The molecule has 0 saturated heterocycles. The van der Waals surface area contributed by atoms with Gasteiger partial charge in [-0.15, -0.1) is 0 Å². The predicted octanol–water partition coefficient (Wildman–Crippen LogP) is 6.88. The molecule has 2 aromatic carbocycles. The predicted molar refractivity (Wildman–Crippen MR) is 164 cm³/mol. The average Bonchev–Trinajstić information content (AvgIpc) is 3.12. The molecule has 2 aromatic rings. The second-order valence-corrected chi connectivity index (χ2v) is 13.6. The number of methoxy groups -OCH3 is 1. The molecular formula is C31H37Cl3N2O6. The summed E-state index contributed by atoms with van der Waals surface area (Å²) in [7, 11) is 1.26. The maximum absolute atomic E-state index is 13.5. The summed E-state index contributed by atoms with van der Waals surface area (Å²) in [6.07, 6.45) is 1.10. The fourth-order valence-electron chi connectivity index (χ4n) is 5.24. The molecule has 228 valence electrons. The van der Waals surface area contributed by atoms with Crippen LogP contribution in [0.4, 0.5) is 5.69 Å². The third-order valence-corrected chi connectivity index (χ3v) is 8.89. The highest BCUT2D eigenvalue weighted by Crippen LogP contribution is 2.57. The van der Waals surface area contributed by atoms with Crippen LogP contribution < -0.4 is 10.6 Å². The lowest BCUT2D eigenvalue weighted by Crippen LogP contribution is -2.51. The number of rotatable bonds is 8. The van der Waals surface area contributed by atoms with Gasteiger partial charge in [0.05, 0.1) is 28.1 Å². The summed E-state index contributed by atoms with van der Waals surface area (Å²) in [4.78, 5) is 52.1. The van der Waals surface area contributed by atoms with E-state index < -0.39 is 40.3 Å². The van der Waals surface area contributed by atoms with Crippen molar-refractivity contribution >= 4 is 64.2 Å². The lowest BCUT2D eigenvalue weighted by atomic mass is 9.65. The third-order valence-electron chi connectivity index (χ3n) is 8.08. The molecular weight excluding hydrogens is 603 g/mol. The van der Waals surface area contributed by atoms with E-state index >= 15 is 0 Å². The number of hydrogen-bond acceptors (Lipinski definition) is 6. The number of amides is 2. The maximum atomic E-state index is 13.5. The zero-order valence-corrected chi connectivity index (χ0v) is 27.1. The van der Waals surface area contributed by atoms with E-state index in [9.17, 15) is 19.2 Å². The number of hydrogen-bond donors (Lipinski definition) is 2. The highest BCUT2D eigenvalue weighted by atomic mass is 35.5. The minimum atomic E-state index is -0.959. The van der Waals surface area contributed by atoms with Gasteiger partial charge in [-0.05, 0) is 75.8 Å². The van der Waals surface area contributed by atoms with Gasteiger partial charge in [0, 0.05) is 23.0 Å². The van der Waals surface area contributed by atoms with Crippen LogP contribution in [-0.2, 0) is 30.3 Å². The first-order valence-corrected chi connectivity index (χ1v) is 14.7. The number of ether oxygens (including phenoxy) is 2. The van der Waals surface area contributed by atoms with Crippen molar-refractivity contribution in [1.29, 1.82) is 0 Å². The van der Waals surface area contributed by atoms with E-state index in [1.807, 2.05) is 41.5 Å². The molecule has 0 spiro atoms. The Labute approximate surface area is 261 Å². The Bertz CT molecular complexity index is 1350. The lowest BCUT2D eigenvalue weighted by molar-refractivity contribution is -0.173. The summed E-state index contributed by atoms with van der Waals surface area (Å²) in [5.74, 6) is -2.30. The maximum Gasteiger partial charge on any atom is 0.328 e. The lowest BCUT2D eigenvalue weighted by Gasteiger charge is -2.40. The van der Waals surface area contributed by atoms with Crippen molar-refractivity contribution in [1.82, 2.24) is 5.32 Å². The molecule has 0 aliphatic heterocycles. The first-order chi connectivity index (χ1) is 19.4. The minimum absolute atomic E-state index is 0.0953. The number of benzene rings is 2. The highest BCUT2D eigenvalue weighted by Gasteiger charge is 2.59. The van der Waals surface area contributed by atoms with Crippen LogP contribution in [0.3, 0.4) is 0 Å². The number of esters is 2. The van der Waals surface area contributed by atoms with Gasteiger partial charge in [-0.3, -0.25) is 14.4 Å². The van der Waals surface area contributed by atoms with Gasteiger partial charge in [-0.1, -0.05) is 60.8 Å². The monoisotopic (exact) mass is 638 g/mol. The Morgan fingerprint density at radius 2 is 1.57 bits per heavy atom.